The SMILES string of the molecule is CNc1cc(NCCCS(C)(=O)=O)nc(SC)n1. The molecule has 0 aromatic carbocycles. The van der Waals surface area contributed by atoms with Crippen molar-refractivity contribution in [3.05, 3.63) is 6.07 Å². The minimum absolute atomic E-state index is 0.180. The minimum Gasteiger partial charge on any atom is -0.373 e. The molecule has 6 nitrogen and oxygen atoms in total. The minimum atomic E-state index is -2.89. The van der Waals surface area contributed by atoms with Gasteiger partial charge in [0, 0.05) is 25.9 Å². The average molecular weight is 290 g/mol. The van der Waals surface area contributed by atoms with Gasteiger partial charge in [-0.15, -0.1) is 0 Å². The molecule has 0 unspecified atom stereocenters. The predicted molar refractivity (Wildman–Crippen MR) is 76.2 cm³/mol. The van der Waals surface area contributed by atoms with Crippen molar-refractivity contribution < 1.29 is 8.42 Å². The second-order valence-corrected chi connectivity index (χ2v) is 6.82. The van der Waals surface area contributed by atoms with Gasteiger partial charge in [-0.05, 0) is 12.7 Å². The lowest BCUT2D eigenvalue weighted by Crippen LogP contribution is -2.11. The van der Waals surface area contributed by atoms with Crippen LogP contribution in [0.3, 0.4) is 0 Å². The third-order valence-corrected chi connectivity index (χ3v) is 3.72. The first-order valence-corrected chi connectivity index (χ1v) is 8.75. The lowest BCUT2D eigenvalue weighted by Gasteiger charge is -2.08. The maximum atomic E-state index is 11.0. The second-order valence-electron chi connectivity index (χ2n) is 3.79. The third-order valence-electron chi connectivity index (χ3n) is 2.14. The van der Waals surface area contributed by atoms with Crippen LogP contribution in [0, 0.1) is 0 Å². The molecule has 0 saturated heterocycles. The van der Waals surface area contributed by atoms with Crippen molar-refractivity contribution in [1.29, 1.82) is 0 Å². The first-order chi connectivity index (χ1) is 8.44. The van der Waals surface area contributed by atoms with Crippen molar-refractivity contribution in [2.45, 2.75) is 11.6 Å². The first-order valence-electron chi connectivity index (χ1n) is 5.47. The summed E-state index contributed by atoms with van der Waals surface area (Å²) in [4.78, 5) is 8.53. The highest BCUT2D eigenvalue weighted by Gasteiger charge is 2.04. The zero-order valence-electron chi connectivity index (χ0n) is 10.7. The summed E-state index contributed by atoms with van der Waals surface area (Å²) in [7, 11) is -1.10. The number of sulfone groups is 1. The number of aromatic nitrogens is 2. The van der Waals surface area contributed by atoms with Gasteiger partial charge in [-0.3, -0.25) is 0 Å². The van der Waals surface area contributed by atoms with Crippen LogP contribution in [0.4, 0.5) is 11.6 Å². The van der Waals surface area contributed by atoms with E-state index in [9.17, 15) is 8.42 Å². The summed E-state index contributed by atoms with van der Waals surface area (Å²) in [6.45, 7) is 0.570. The third kappa shape index (κ3) is 5.54. The number of thioether (sulfide) groups is 1. The van der Waals surface area contributed by atoms with Gasteiger partial charge in [0.15, 0.2) is 5.16 Å². The van der Waals surface area contributed by atoms with Gasteiger partial charge in [-0.1, -0.05) is 11.8 Å². The van der Waals surface area contributed by atoms with Crippen LogP contribution in [-0.4, -0.2) is 50.2 Å². The zero-order valence-corrected chi connectivity index (χ0v) is 12.4. The number of rotatable bonds is 7. The Bertz CT molecular complexity index is 468. The van der Waals surface area contributed by atoms with E-state index in [1.54, 1.807) is 13.1 Å². The summed E-state index contributed by atoms with van der Waals surface area (Å²) < 4.78 is 22.0. The molecule has 102 valence electrons. The van der Waals surface area contributed by atoms with Gasteiger partial charge < -0.3 is 10.6 Å². The smallest absolute Gasteiger partial charge is 0.191 e. The van der Waals surface area contributed by atoms with Crippen molar-refractivity contribution >= 4 is 33.2 Å². The van der Waals surface area contributed by atoms with Crippen LogP contribution in [0.5, 0.6) is 0 Å². The quantitative estimate of drug-likeness (QED) is 0.442. The maximum absolute atomic E-state index is 11.0. The highest BCUT2D eigenvalue weighted by atomic mass is 32.2. The van der Waals surface area contributed by atoms with E-state index < -0.39 is 9.84 Å². The maximum Gasteiger partial charge on any atom is 0.191 e. The molecule has 1 aromatic rings. The summed E-state index contributed by atoms with van der Waals surface area (Å²) in [6.07, 6.45) is 3.71. The molecule has 0 saturated carbocycles. The molecule has 0 aliphatic carbocycles. The molecule has 0 bridgehead atoms. The number of nitrogens with zero attached hydrogens (tertiary/aromatic N) is 2. The van der Waals surface area contributed by atoms with Crippen molar-refractivity contribution in [1.82, 2.24) is 9.97 Å². The summed E-state index contributed by atoms with van der Waals surface area (Å²) in [5.74, 6) is 1.62. The van der Waals surface area contributed by atoms with Crippen LogP contribution in [0.15, 0.2) is 11.2 Å². The van der Waals surface area contributed by atoms with Crippen LogP contribution in [0.25, 0.3) is 0 Å². The van der Waals surface area contributed by atoms with E-state index in [0.29, 0.717) is 23.9 Å². The Kier molecular flexibility index (Phi) is 5.67. The summed E-state index contributed by atoms with van der Waals surface area (Å²) in [5.41, 5.74) is 0. The largest absolute Gasteiger partial charge is 0.373 e. The molecule has 2 N–H and O–H groups in total. The topological polar surface area (TPSA) is 84.0 Å². The van der Waals surface area contributed by atoms with Crippen LogP contribution in [0.2, 0.25) is 0 Å². The molecule has 1 aromatic heterocycles. The summed E-state index contributed by atoms with van der Waals surface area (Å²) in [6, 6.07) is 1.79. The molecule has 0 aliphatic rings. The van der Waals surface area contributed by atoms with E-state index in [2.05, 4.69) is 20.6 Å². The molecule has 18 heavy (non-hydrogen) atoms. The highest BCUT2D eigenvalue weighted by molar-refractivity contribution is 7.98. The summed E-state index contributed by atoms with van der Waals surface area (Å²) in [5, 5.41) is 6.73. The fourth-order valence-corrected chi connectivity index (χ4v) is 2.33. The molecule has 0 radical (unpaired) electrons. The monoisotopic (exact) mass is 290 g/mol. The average Bonchev–Trinajstić information content (AvgIpc) is 2.33. The highest BCUT2D eigenvalue weighted by Crippen LogP contribution is 2.16. The lowest BCUT2D eigenvalue weighted by molar-refractivity contribution is 0.600. The normalized spacial score (nSPS) is 11.3. The van der Waals surface area contributed by atoms with Crippen molar-refractivity contribution in [3.8, 4) is 0 Å². The standard InChI is InChI=1S/C10H18N4O2S2/c1-11-8-7-9(14-10(13-8)17-2)12-5-4-6-18(3,15)16/h7H,4-6H2,1-3H3,(H2,11,12,13,14). The molecule has 0 spiro atoms. The first kappa shape index (κ1) is 15.0. The van der Waals surface area contributed by atoms with Gasteiger partial charge in [-0.2, -0.15) is 0 Å². The Morgan fingerprint density at radius 1 is 1.33 bits per heavy atom. The number of hydrogen-bond donors (Lipinski definition) is 2. The predicted octanol–water partition coefficient (Wildman–Crippen LogP) is 1.09. The van der Waals surface area contributed by atoms with Gasteiger partial charge in [0.05, 0.1) is 5.75 Å². The van der Waals surface area contributed by atoms with Crippen molar-refractivity contribution in [2.24, 2.45) is 0 Å². The molecule has 0 atom stereocenters. The second kappa shape index (κ2) is 6.79. The fourth-order valence-electron chi connectivity index (χ4n) is 1.29. The molecular formula is C10H18N4O2S2. The number of hydrogen-bond acceptors (Lipinski definition) is 7. The van der Waals surface area contributed by atoms with E-state index in [-0.39, 0.29) is 5.75 Å². The lowest BCUT2D eigenvalue weighted by atomic mass is 10.4. The molecule has 1 rings (SSSR count). The molecule has 1 heterocycles. The zero-order chi connectivity index (χ0) is 13.6. The van der Waals surface area contributed by atoms with E-state index in [1.807, 2.05) is 6.26 Å². The Hall–Kier alpha value is -1.02. The van der Waals surface area contributed by atoms with E-state index in [1.165, 1.54) is 18.0 Å². The van der Waals surface area contributed by atoms with Gasteiger partial charge in [0.2, 0.25) is 0 Å². The number of nitrogens with one attached hydrogen (secondary N) is 2. The molecule has 0 fully saturated rings. The Morgan fingerprint density at radius 2 is 2.00 bits per heavy atom. The van der Waals surface area contributed by atoms with E-state index in [4.69, 9.17) is 0 Å². The van der Waals surface area contributed by atoms with Crippen LogP contribution < -0.4 is 10.6 Å². The van der Waals surface area contributed by atoms with E-state index in [0.717, 1.165) is 5.82 Å². The number of anilines is 2. The molecule has 8 heteroatoms. The summed E-state index contributed by atoms with van der Waals surface area (Å²) >= 11 is 1.46. The Labute approximate surface area is 112 Å². The molecule has 0 amide bonds. The van der Waals surface area contributed by atoms with E-state index >= 15 is 0 Å². The fraction of sp³-hybridized carbons (Fsp3) is 0.600. The van der Waals surface area contributed by atoms with Crippen LogP contribution in [-0.2, 0) is 9.84 Å². The van der Waals surface area contributed by atoms with Crippen LogP contribution >= 0.6 is 11.8 Å². The molecule has 0 aliphatic heterocycles. The van der Waals surface area contributed by atoms with Gasteiger partial charge in [0.25, 0.3) is 0 Å². The van der Waals surface area contributed by atoms with Gasteiger partial charge in [0.1, 0.15) is 21.5 Å². The van der Waals surface area contributed by atoms with Gasteiger partial charge in [-0.25, -0.2) is 18.4 Å². The Morgan fingerprint density at radius 3 is 2.56 bits per heavy atom. The molecular weight excluding hydrogens is 272 g/mol. The van der Waals surface area contributed by atoms with Crippen molar-refractivity contribution in [3.63, 3.8) is 0 Å². The van der Waals surface area contributed by atoms with Crippen LogP contribution in [0.1, 0.15) is 6.42 Å². The Balaban J connectivity index is 2.56. The van der Waals surface area contributed by atoms with Crippen molar-refractivity contribution in [2.75, 3.05) is 42.5 Å². The van der Waals surface area contributed by atoms with Gasteiger partial charge >= 0.3 is 0 Å².